The molecular formula is C16H25NO3S. The summed E-state index contributed by atoms with van der Waals surface area (Å²) < 4.78 is 26.5. The highest BCUT2D eigenvalue weighted by molar-refractivity contribution is 7.90. The topological polar surface area (TPSA) is 54.5 Å². The number of allylic oxidation sites excluding steroid dienone is 1. The zero-order valence-corrected chi connectivity index (χ0v) is 13.8. The molecule has 0 aromatic rings. The van der Waals surface area contributed by atoms with Gasteiger partial charge in [0.25, 0.3) is 0 Å². The Morgan fingerprint density at radius 3 is 2.76 bits per heavy atom. The second kappa shape index (κ2) is 4.58. The van der Waals surface area contributed by atoms with Crippen molar-refractivity contribution in [1.82, 2.24) is 4.31 Å². The highest BCUT2D eigenvalue weighted by Gasteiger charge is 2.72. The Balaban J connectivity index is 1.89. The third-order valence-corrected chi connectivity index (χ3v) is 8.39. The number of hydrogen-bond acceptors (Lipinski definition) is 3. The maximum atomic E-state index is 12.6. The number of hydrogen-bond donors (Lipinski definition) is 0. The van der Waals surface area contributed by atoms with E-state index in [-0.39, 0.29) is 28.5 Å². The number of fused-ring (bicyclic) bond motifs is 1. The SMILES string of the molecule is C=CCCCC(=O)N1[C@@H]2C[C@H]3CC[C@]2(CS1(=O)=O)C3(C)C. The number of sulfonamides is 1. The lowest BCUT2D eigenvalue weighted by Crippen LogP contribution is -2.44. The molecule has 1 saturated heterocycles. The van der Waals surface area contributed by atoms with Crippen LogP contribution >= 0.6 is 0 Å². The standard InChI is InChI=1S/C16H25NO3S/c1-4-5-6-7-14(18)17-13-10-12-8-9-16(13,15(12,2)3)11-21(17,19)20/h4,12-13H,1,5-11H2,2-3H3/t12-,13-,16-/m1/s1. The van der Waals surface area contributed by atoms with Gasteiger partial charge in [-0.1, -0.05) is 19.9 Å². The molecule has 2 saturated carbocycles. The van der Waals surface area contributed by atoms with E-state index in [4.69, 9.17) is 0 Å². The molecule has 5 heteroatoms. The molecule has 3 fully saturated rings. The van der Waals surface area contributed by atoms with Crippen molar-refractivity contribution in [3.05, 3.63) is 12.7 Å². The Kier molecular flexibility index (Phi) is 3.28. The van der Waals surface area contributed by atoms with E-state index >= 15 is 0 Å². The molecule has 21 heavy (non-hydrogen) atoms. The summed E-state index contributed by atoms with van der Waals surface area (Å²) in [4.78, 5) is 12.5. The predicted molar refractivity (Wildman–Crippen MR) is 82.0 cm³/mol. The van der Waals surface area contributed by atoms with E-state index in [0.717, 1.165) is 25.7 Å². The van der Waals surface area contributed by atoms with E-state index in [1.54, 1.807) is 6.08 Å². The van der Waals surface area contributed by atoms with Gasteiger partial charge in [0.2, 0.25) is 15.9 Å². The van der Waals surface area contributed by atoms with E-state index in [1.165, 1.54) is 4.31 Å². The highest BCUT2D eigenvalue weighted by atomic mass is 32.2. The molecule has 0 unspecified atom stereocenters. The van der Waals surface area contributed by atoms with Crippen molar-refractivity contribution in [2.45, 2.75) is 58.4 Å². The average Bonchev–Trinajstić information content (AvgIpc) is 2.85. The van der Waals surface area contributed by atoms with Crippen molar-refractivity contribution in [2.24, 2.45) is 16.7 Å². The second-order valence-corrected chi connectivity index (χ2v) is 9.34. The fourth-order valence-corrected chi connectivity index (χ4v) is 7.70. The minimum absolute atomic E-state index is 0.0287. The van der Waals surface area contributed by atoms with Gasteiger partial charge in [-0.3, -0.25) is 4.79 Å². The third-order valence-electron chi connectivity index (χ3n) is 6.46. The van der Waals surface area contributed by atoms with E-state index in [9.17, 15) is 13.2 Å². The van der Waals surface area contributed by atoms with E-state index < -0.39 is 10.0 Å². The molecule has 2 bridgehead atoms. The quantitative estimate of drug-likeness (QED) is 0.592. The summed E-state index contributed by atoms with van der Waals surface area (Å²) in [5.74, 6) is 0.519. The van der Waals surface area contributed by atoms with Gasteiger partial charge in [0, 0.05) is 11.8 Å². The first kappa shape index (κ1) is 15.1. The van der Waals surface area contributed by atoms with Crippen LogP contribution in [0.25, 0.3) is 0 Å². The first-order valence-corrected chi connectivity index (χ1v) is 9.53. The minimum Gasteiger partial charge on any atom is -0.274 e. The lowest BCUT2D eigenvalue weighted by molar-refractivity contribution is -0.129. The van der Waals surface area contributed by atoms with Crippen LogP contribution in [0.2, 0.25) is 0 Å². The van der Waals surface area contributed by atoms with Crippen molar-refractivity contribution in [1.29, 1.82) is 0 Å². The van der Waals surface area contributed by atoms with Crippen LogP contribution in [-0.2, 0) is 14.8 Å². The molecule has 3 aliphatic rings. The first-order chi connectivity index (χ1) is 9.76. The Morgan fingerprint density at radius 1 is 1.43 bits per heavy atom. The van der Waals surface area contributed by atoms with Crippen LogP contribution in [0.15, 0.2) is 12.7 Å². The van der Waals surface area contributed by atoms with Gasteiger partial charge in [0.15, 0.2) is 0 Å². The predicted octanol–water partition coefficient (Wildman–Crippen LogP) is 2.71. The lowest BCUT2D eigenvalue weighted by atomic mass is 9.69. The molecule has 3 atom stereocenters. The van der Waals surface area contributed by atoms with Crippen LogP contribution in [0.4, 0.5) is 0 Å². The summed E-state index contributed by atoms with van der Waals surface area (Å²) >= 11 is 0. The van der Waals surface area contributed by atoms with Crippen LogP contribution in [-0.4, -0.2) is 30.4 Å². The molecule has 118 valence electrons. The van der Waals surface area contributed by atoms with Gasteiger partial charge in [-0.2, -0.15) is 0 Å². The fraction of sp³-hybridized carbons (Fsp3) is 0.812. The van der Waals surface area contributed by atoms with Gasteiger partial charge in [0.1, 0.15) is 0 Å². The van der Waals surface area contributed by atoms with Gasteiger partial charge >= 0.3 is 0 Å². The smallest absolute Gasteiger partial charge is 0.238 e. The summed E-state index contributed by atoms with van der Waals surface area (Å²) in [5.41, 5.74) is -0.175. The maximum Gasteiger partial charge on any atom is 0.238 e. The van der Waals surface area contributed by atoms with Crippen molar-refractivity contribution in [3.63, 3.8) is 0 Å². The van der Waals surface area contributed by atoms with Crippen LogP contribution in [0, 0.1) is 16.7 Å². The van der Waals surface area contributed by atoms with Crippen molar-refractivity contribution in [2.75, 3.05) is 5.75 Å². The number of nitrogens with zero attached hydrogens (tertiary/aromatic N) is 1. The Bertz CT molecular complexity index is 580. The summed E-state index contributed by atoms with van der Waals surface area (Å²) in [6, 6.07) is -0.0903. The fourth-order valence-electron chi connectivity index (χ4n) is 5.13. The van der Waals surface area contributed by atoms with Crippen LogP contribution in [0.1, 0.15) is 52.4 Å². The lowest BCUT2D eigenvalue weighted by Gasteiger charge is -2.37. The summed E-state index contributed by atoms with van der Waals surface area (Å²) in [6.45, 7) is 8.04. The van der Waals surface area contributed by atoms with Crippen molar-refractivity contribution >= 4 is 15.9 Å². The molecule has 1 spiro atoms. The molecule has 0 N–H and O–H groups in total. The Morgan fingerprint density at radius 2 is 2.14 bits per heavy atom. The monoisotopic (exact) mass is 311 g/mol. The zero-order chi connectivity index (χ0) is 15.5. The average molecular weight is 311 g/mol. The first-order valence-electron chi connectivity index (χ1n) is 7.92. The molecule has 0 aromatic carbocycles. The third kappa shape index (κ3) is 1.85. The van der Waals surface area contributed by atoms with Crippen LogP contribution < -0.4 is 0 Å². The molecule has 0 aromatic heterocycles. The number of carbonyl (C=O) groups excluding carboxylic acids is 1. The molecule has 3 rings (SSSR count). The molecule has 1 heterocycles. The molecule has 1 aliphatic heterocycles. The van der Waals surface area contributed by atoms with Gasteiger partial charge in [-0.15, -0.1) is 6.58 Å². The Hall–Kier alpha value is -0.840. The summed E-state index contributed by atoms with van der Waals surface area (Å²) in [6.07, 6.45) is 6.43. The van der Waals surface area contributed by atoms with Crippen molar-refractivity contribution in [3.8, 4) is 0 Å². The van der Waals surface area contributed by atoms with E-state index in [2.05, 4.69) is 20.4 Å². The minimum atomic E-state index is -3.44. The molecule has 0 radical (unpaired) electrons. The Labute approximate surface area is 127 Å². The largest absolute Gasteiger partial charge is 0.274 e. The molecule has 4 nitrogen and oxygen atoms in total. The number of unbranched alkanes of at least 4 members (excludes halogenated alkanes) is 1. The van der Waals surface area contributed by atoms with E-state index in [1.807, 2.05) is 0 Å². The zero-order valence-electron chi connectivity index (χ0n) is 13.0. The maximum absolute atomic E-state index is 12.6. The number of rotatable bonds is 4. The summed E-state index contributed by atoms with van der Waals surface area (Å²) in [7, 11) is -3.44. The summed E-state index contributed by atoms with van der Waals surface area (Å²) in [5, 5.41) is 0. The van der Waals surface area contributed by atoms with Crippen LogP contribution in [0.5, 0.6) is 0 Å². The van der Waals surface area contributed by atoms with Gasteiger partial charge in [-0.05, 0) is 43.4 Å². The normalized spacial score (nSPS) is 38.5. The van der Waals surface area contributed by atoms with Crippen LogP contribution in [0.3, 0.4) is 0 Å². The van der Waals surface area contributed by atoms with Gasteiger partial charge < -0.3 is 0 Å². The molecule has 2 aliphatic carbocycles. The molecule has 1 amide bonds. The van der Waals surface area contributed by atoms with Gasteiger partial charge in [-0.25, -0.2) is 12.7 Å². The second-order valence-electron chi connectivity index (χ2n) is 7.49. The van der Waals surface area contributed by atoms with Crippen molar-refractivity contribution < 1.29 is 13.2 Å². The number of carbonyl (C=O) groups is 1. The highest BCUT2D eigenvalue weighted by Crippen LogP contribution is 2.69. The van der Waals surface area contributed by atoms with E-state index in [0.29, 0.717) is 18.8 Å². The molecular weight excluding hydrogens is 286 g/mol. The number of amides is 1. The van der Waals surface area contributed by atoms with Gasteiger partial charge in [0.05, 0.1) is 11.8 Å².